The van der Waals surface area contributed by atoms with Crippen molar-refractivity contribution in [2.45, 2.75) is 6.61 Å². The number of hydrogen-bond acceptors (Lipinski definition) is 6. The van der Waals surface area contributed by atoms with E-state index < -0.39 is 5.97 Å². The van der Waals surface area contributed by atoms with E-state index in [4.69, 9.17) is 9.47 Å². The molecule has 0 unspecified atom stereocenters. The predicted octanol–water partition coefficient (Wildman–Crippen LogP) is 4.49. The van der Waals surface area contributed by atoms with Crippen molar-refractivity contribution >= 4 is 17.7 Å². The Balaban J connectivity index is 1.48. The minimum Gasteiger partial charge on any atom is -0.465 e. The second-order valence-corrected chi connectivity index (χ2v) is 7.71. The molecule has 7 heteroatoms. The highest BCUT2D eigenvalue weighted by Crippen LogP contribution is 2.22. The predicted molar refractivity (Wildman–Crippen MR) is 136 cm³/mol. The maximum atomic E-state index is 12.4. The highest BCUT2D eigenvalue weighted by molar-refractivity contribution is 5.95. The summed E-state index contributed by atoms with van der Waals surface area (Å²) in [6.07, 6.45) is 3.40. The normalized spacial score (nSPS) is 10.1. The largest absolute Gasteiger partial charge is 0.465 e. The summed E-state index contributed by atoms with van der Waals surface area (Å²) in [6.45, 7) is 0.157. The van der Waals surface area contributed by atoms with Crippen molar-refractivity contribution in [3.63, 3.8) is 0 Å². The van der Waals surface area contributed by atoms with Gasteiger partial charge in [-0.25, -0.2) is 9.78 Å². The molecular weight excluding hydrogens is 454 g/mol. The third kappa shape index (κ3) is 6.86. The average molecular weight is 478 g/mol. The molecule has 178 valence electrons. The molecule has 0 aliphatic carbocycles. The zero-order valence-corrected chi connectivity index (χ0v) is 19.6. The first-order chi connectivity index (χ1) is 17.6. The van der Waals surface area contributed by atoms with Gasteiger partial charge in [0.2, 0.25) is 0 Å². The standard InChI is InChI=1S/C29H23N3O4/c1-35-29(34)25-16-26(24-13-11-21(12-14-24)9-10-22-8-5-15-30-18-22)31-27(17-25)32-28(33)20-36-19-23-6-3-2-4-7-23/h2-8,11-18H,19-20H2,1H3,(H,31,32,33). The van der Waals surface area contributed by atoms with Crippen LogP contribution < -0.4 is 5.32 Å². The van der Waals surface area contributed by atoms with Crippen LogP contribution >= 0.6 is 0 Å². The lowest BCUT2D eigenvalue weighted by atomic mass is 10.1. The Labute approximate surface area is 209 Å². The van der Waals surface area contributed by atoms with Gasteiger partial charge >= 0.3 is 5.97 Å². The molecular formula is C29H23N3O4. The molecule has 7 nitrogen and oxygen atoms in total. The molecule has 4 rings (SSSR count). The third-order valence-electron chi connectivity index (χ3n) is 5.05. The first-order valence-electron chi connectivity index (χ1n) is 11.1. The number of esters is 1. The van der Waals surface area contributed by atoms with Crippen molar-refractivity contribution in [3.05, 3.63) is 114 Å². The van der Waals surface area contributed by atoms with Crippen LogP contribution in [0, 0.1) is 11.8 Å². The van der Waals surface area contributed by atoms with Gasteiger partial charge in [-0.1, -0.05) is 54.3 Å². The SMILES string of the molecule is COC(=O)c1cc(NC(=O)COCc2ccccc2)nc(-c2ccc(C#Cc3cccnc3)cc2)c1. The van der Waals surface area contributed by atoms with Gasteiger partial charge in [0.1, 0.15) is 12.4 Å². The van der Waals surface area contributed by atoms with Gasteiger partial charge in [-0.15, -0.1) is 0 Å². The molecule has 4 aromatic rings. The highest BCUT2D eigenvalue weighted by Gasteiger charge is 2.13. The van der Waals surface area contributed by atoms with E-state index in [1.165, 1.54) is 13.2 Å². The summed E-state index contributed by atoms with van der Waals surface area (Å²) in [5.41, 5.74) is 4.13. The van der Waals surface area contributed by atoms with Gasteiger partial charge in [-0.05, 0) is 42.0 Å². The van der Waals surface area contributed by atoms with E-state index >= 15 is 0 Å². The number of methoxy groups -OCH3 is 1. The van der Waals surface area contributed by atoms with E-state index in [1.54, 1.807) is 18.5 Å². The van der Waals surface area contributed by atoms with Crippen LogP contribution in [0.4, 0.5) is 5.82 Å². The van der Waals surface area contributed by atoms with Gasteiger partial charge in [0, 0.05) is 29.1 Å². The number of carbonyl (C=O) groups excluding carboxylic acids is 2. The van der Waals surface area contributed by atoms with Crippen LogP contribution in [0.5, 0.6) is 0 Å². The van der Waals surface area contributed by atoms with Crippen LogP contribution in [-0.4, -0.2) is 35.6 Å². The molecule has 2 heterocycles. The molecule has 0 fully saturated rings. The molecule has 1 amide bonds. The van der Waals surface area contributed by atoms with Crippen LogP contribution in [0.15, 0.2) is 91.3 Å². The molecule has 0 aliphatic rings. The highest BCUT2D eigenvalue weighted by atomic mass is 16.5. The minimum atomic E-state index is -0.534. The van der Waals surface area contributed by atoms with E-state index in [9.17, 15) is 9.59 Å². The fraction of sp³-hybridized carbons (Fsp3) is 0.103. The lowest BCUT2D eigenvalue weighted by Crippen LogP contribution is -2.19. The van der Waals surface area contributed by atoms with Gasteiger partial charge in [-0.3, -0.25) is 9.78 Å². The summed E-state index contributed by atoms with van der Waals surface area (Å²) in [7, 11) is 1.30. The van der Waals surface area contributed by atoms with Crippen molar-refractivity contribution < 1.29 is 19.1 Å². The monoisotopic (exact) mass is 477 g/mol. The summed E-state index contributed by atoms with van der Waals surface area (Å²) >= 11 is 0. The number of pyridine rings is 2. The molecule has 2 aromatic heterocycles. The van der Waals surface area contributed by atoms with Crippen LogP contribution in [0.25, 0.3) is 11.3 Å². The number of amides is 1. The van der Waals surface area contributed by atoms with Crippen molar-refractivity contribution in [3.8, 4) is 23.1 Å². The zero-order chi connectivity index (χ0) is 25.2. The summed E-state index contributed by atoms with van der Waals surface area (Å²) in [4.78, 5) is 33.2. The van der Waals surface area contributed by atoms with Gasteiger partial charge < -0.3 is 14.8 Å². The summed E-state index contributed by atoms with van der Waals surface area (Å²) < 4.78 is 10.4. The van der Waals surface area contributed by atoms with E-state index in [2.05, 4.69) is 27.1 Å². The Hall–Kier alpha value is -4.80. The number of aromatic nitrogens is 2. The summed E-state index contributed by atoms with van der Waals surface area (Å²) in [5, 5.41) is 2.70. The number of ether oxygens (including phenoxy) is 2. The molecule has 0 saturated carbocycles. The first kappa shape index (κ1) is 24.3. The summed E-state index contributed by atoms with van der Waals surface area (Å²) in [5.74, 6) is 5.46. The number of anilines is 1. The minimum absolute atomic E-state index is 0.154. The molecule has 0 spiro atoms. The van der Waals surface area contributed by atoms with Crippen LogP contribution in [-0.2, 0) is 20.9 Å². The maximum Gasteiger partial charge on any atom is 0.338 e. The lowest BCUT2D eigenvalue weighted by Gasteiger charge is -2.10. The van der Waals surface area contributed by atoms with Crippen molar-refractivity contribution in [2.24, 2.45) is 0 Å². The molecule has 0 bridgehead atoms. The van der Waals surface area contributed by atoms with Gasteiger partial charge in [0.25, 0.3) is 5.91 Å². The molecule has 0 atom stereocenters. The number of rotatable bonds is 7. The smallest absolute Gasteiger partial charge is 0.338 e. The topological polar surface area (TPSA) is 90.4 Å². The Bertz CT molecular complexity index is 1390. The van der Waals surface area contributed by atoms with Gasteiger partial charge in [-0.2, -0.15) is 0 Å². The maximum absolute atomic E-state index is 12.4. The zero-order valence-electron chi connectivity index (χ0n) is 19.6. The first-order valence-corrected chi connectivity index (χ1v) is 11.1. The third-order valence-corrected chi connectivity index (χ3v) is 5.05. The Kier molecular flexibility index (Phi) is 8.15. The summed E-state index contributed by atoms with van der Waals surface area (Å²) in [6, 6.07) is 23.8. The fourth-order valence-electron chi connectivity index (χ4n) is 3.30. The van der Waals surface area contributed by atoms with E-state index in [1.807, 2.05) is 66.7 Å². The molecule has 0 aliphatic heterocycles. The lowest BCUT2D eigenvalue weighted by molar-refractivity contribution is -0.121. The van der Waals surface area contributed by atoms with Crippen LogP contribution in [0.1, 0.15) is 27.0 Å². The number of nitrogens with one attached hydrogen (secondary N) is 1. The van der Waals surface area contributed by atoms with E-state index in [0.717, 1.165) is 22.3 Å². The molecule has 1 N–H and O–H groups in total. The molecule has 36 heavy (non-hydrogen) atoms. The Morgan fingerprint density at radius 2 is 1.69 bits per heavy atom. The van der Waals surface area contributed by atoms with Crippen molar-refractivity contribution in [2.75, 3.05) is 19.0 Å². The molecule has 0 radical (unpaired) electrons. The number of benzene rings is 2. The van der Waals surface area contributed by atoms with Gasteiger partial charge in [0.05, 0.1) is 25.0 Å². The quantitative estimate of drug-likeness (QED) is 0.312. The second-order valence-electron chi connectivity index (χ2n) is 7.71. The number of hydrogen-bond donors (Lipinski definition) is 1. The molecule has 2 aromatic carbocycles. The van der Waals surface area contributed by atoms with Gasteiger partial charge in [0.15, 0.2) is 0 Å². The Morgan fingerprint density at radius 3 is 2.42 bits per heavy atom. The molecule has 0 saturated heterocycles. The van der Waals surface area contributed by atoms with Crippen LogP contribution in [0.3, 0.4) is 0 Å². The van der Waals surface area contributed by atoms with Crippen molar-refractivity contribution in [1.82, 2.24) is 9.97 Å². The van der Waals surface area contributed by atoms with E-state index in [0.29, 0.717) is 12.3 Å². The fourth-order valence-corrected chi connectivity index (χ4v) is 3.30. The Morgan fingerprint density at radius 1 is 0.917 bits per heavy atom. The average Bonchev–Trinajstić information content (AvgIpc) is 2.92. The number of carbonyl (C=O) groups is 2. The van der Waals surface area contributed by atoms with E-state index in [-0.39, 0.29) is 23.9 Å². The second kappa shape index (κ2) is 12.1. The van der Waals surface area contributed by atoms with Crippen molar-refractivity contribution in [1.29, 1.82) is 0 Å². The number of nitrogens with zero attached hydrogens (tertiary/aromatic N) is 2. The van der Waals surface area contributed by atoms with Crippen LogP contribution in [0.2, 0.25) is 0 Å².